The second-order valence-electron chi connectivity index (χ2n) is 4.79. The van der Waals surface area contributed by atoms with Gasteiger partial charge in [0.15, 0.2) is 0 Å². The standard InChI is InChI=1S/C16H10O5/c17-13-9-5-1-3-7-11(9)15(19-13)21-16-12-8-4-2-6-10(12)14(18)20-16/h1-8,15-16H/t15-,16-/m0/s1. The number of cyclic esters (lactones) is 2. The number of esters is 2. The van der Waals surface area contributed by atoms with Crippen LogP contribution in [0.2, 0.25) is 0 Å². The topological polar surface area (TPSA) is 61.8 Å². The van der Waals surface area contributed by atoms with Crippen molar-refractivity contribution >= 4 is 11.9 Å². The zero-order valence-corrected chi connectivity index (χ0v) is 10.8. The highest BCUT2D eigenvalue weighted by Gasteiger charge is 2.38. The van der Waals surface area contributed by atoms with Gasteiger partial charge in [0.2, 0.25) is 12.6 Å². The predicted octanol–water partition coefficient (Wildman–Crippen LogP) is 2.74. The zero-order valence-electron chi connectivity index (χ0n) is 10.8. The van der Waals surface area contributed by atoms with Crippen LogP contribution in [0.5, 0.6) is 0 Å². The lowest BCUT2D eigenvalue weighted by Crippen LogP contribution is -2.10. The van der Waals surface area contributed by atoms with E-state index >= 15 is 0 Å². The first-order chi connectivity index (χ1) is 10.2. The maximum atomic E-state index is 11.7. The maximum absolute atomic E-state index is 11.7. The van der Waals surface area contributed by atoms with Gasteiger partial charge in [-0.15, -0.1) is 0 Å². The predicted molar refractivity (Wildman–Crippen MR) is 70.3 cm³/mol. The van der Waals surface area contributed by atoms with Crippen molar-refractivity contribution in [2.24, 2.45) is 0 Å². The first-order valence-electron chi connectivity index (χ1n) is 6.49. The van der Waals surface area contributed by atoms with Gasteiger partial charge in [-0.3, -0.25) is 4.74 Å². The molecule has 2 aliphatic rings. The molecule has 0 N–H and O–H groups in total. The minimum absolute atomic E-state index is 0.437. The summed E-state index contributed by atoms with van der Waals surface area (Å²) >= 11 is 0. The third-order valence-electron chi connectivity index (χ3n) is 3.54. The number of fused-ring (bicyclic) bond motifs is 2. The van der Waals surface area contributed by atoms with E-state index in [2.05, 4.69) is 0 Å². The van der Waals surface area contributed by atoms with Gasteiger partial charge in [0.25, 0.3) is 0 Å². The molecule has 2 aromatic rings. The van der Waals surface area contributed by atoms with Gasteiger partial charge in [0.05, 0.1) is 11.1 Å². The van der Waals surface area contributed by atoms with Gasteiger partial charge in [-0.2, -0.15) is 0 Å². The molecule has 2 heterocycles. The van der Waals surface area contributed by atoms with E-state index in [4.69, 9.17) is 14.2 Å². The summed E-state index contributed by atoms with van der Waals surface area (Å²) in [4.78, 5) is 23.5. The number of carbonyl (C=O) groups excluding carboxylic acids is 2. The summed E-state index contributed by atoms with van der Waals surface area (Å²) < 4.78 is 16.1. The van der Waals surface area contributed by atoms with Crippen LogP contribution in [0.1, 0.15) is 44.4 Å². The molecule has 5 heteroatoms. The molecule has 0 saturated carbocycles. The number of carbonyl (C=O) groups is 2. The summed E-state index contributed by atoms with van der Waals surface area (Å²) in [5, 5.41) is 0. The van der Waals surface area contributed by atoms with Crippen LogP contribution in [-0.4, -0.2) is 11.9 Å². The zero-order chi connectivity index (χ0) is 14.4. The summed E-state index contributed by atoms with van der Waals surface area (Å²) in [6, 6.07) is 14.0. The van der Waals surface area contributed by atoms with E-state index in [-0.39, 0.29) is 0 Å². The van der Waals surface area contributed by atoms with Crippen molar-refractivity contribution in [2.75, 3.05) is 0 Å². The molecule has 2 aromatic carbocycles. The molecular weight excluding hydrogens is 272 g/mol. The third kappa shape index (κ3) is 1.82. The normalized spacial score (nSPS) is 22.5. The van der Waals surface area contributed by atoms with E-state index in [1.165, 1.54) is 0 Å². The van der Waals surface area contributed by atoms with Gasteiger partial charge in [-0.1, -0.05) is 36.4 Å². The number of benzene rings is 2. The van der Waals surface area contributed by atoms with Crippen LogP contribution in [-0.2, 0) is 14.2 Å². The quantitative estimate of drug-likeness (QED) is 0.792. The molecular formula is C16H10O5. The largest absolute Gasteiger partial charge is 0.427 e. The average Bonchev–Trinajstić information content (AvgIpc) is 3.00. The van der Waals surface area contributed by atoms with E-state index < -0.39 is 24.5 Å². The van der Waals surface area contributed by atoms with Crippen LogP contribution in [0, 0.1) is 0 Å². The Balaban J connectivity index is 1.64. The monoisotopic (exact) mass is 282 g/mol. The summed E-state index contributed by atoms with van der Waals surface area (Å²) in [6.45, 7) is 0. The fourth-order valence-corrected chi connectivity index (χ4v) is 2.54. The fourth-order valence-electron chi connectivity index (χ4n) is 2.54. The molecule has 0 bridgehead atoms. The lowest BCUT2D eigenvalue weighted by molar-refractivity contribution is -0.206. The van der Waals surface area contributed by atoms with Crippen molar-refractivity contribution in [3.63, 3.8) is 0 Å². The Hall–Kier alpha value is -2.66. The highest BCUT2D eigenvalue weighted by Crippen LogP contribution is 2.39. The van der Waals surface area contributed by atoms with Crippen molar-refractivity contribution in [3.05, 3.63) is 70.8 Å². The van der Waals surface area contributed by atoms with E-state index in [0.717, 1.165) is 0 Å². The minimum Gasteiger partial charge on any atom is -0.427 e. The molecule has 2 atom stereocenters. The van der Waals surface area contributed by atoms with Crippen LogP contribution in [0.4, 0.5) is 0 Å². The molecule has 104 valence electrons. The molecule has 0 aliphatic carbocycles. The van der Waals surface area contributed by atoms with Crippen LogP contribution >= 0.6 is 0 Å². The molecule has 0 spiro atoms. The smallest absolute Gasteiger partial charge is 0.341 e. The van der Waals surface area contributed by atoms with Crippen molar-refractivity contribution in [3.8, 4) is 0 Å². The van der Waals surface area contributed by atoms with E-state index in [1.807, 2.05) is 0 Å². The maximum Gasteiger partial charge on any atom is 0.341 e. The second-order valence-corrected chi connectivity index (χ2v) is 4.79. The van der Waals surface area contributed by atoms with Gasteiger partial charge in [0.1, 0.15) is 0 Å². The Morgan fingerprint density at radius 1 is 0.714 bits per heavy atom. The lowest BCUT2D eigenvalue weighted by Gasteiger charge is -2.17. The summed E-state index contributed by atoms with van der Waals surface area (Å²) in [6.07, 6.45) is -1.73. The third-order valence-corrected chi connectivity index (χ3v) is 3.54. The van der Waals surface area contributed by atoms with Crippen LogP contribution in [0.3, 0.4) is 0 Å². The lowest BCUT2D eigenvalue weighted by atomic mass is 10.1. The van der Waals surface area contributed by atoms with Crippen molar-refractivity contribution in [1.82, 2.24) is 0 Å². The van der Waals surface area contributed by atoms with E-state index in [1.54, 1.807) is 48.5 Å². The SMILES string of the molecule is O=C1O[C@@H](O[C@@H]2OC(=O)c3ccccc32)c2ccccc21. The number of hydrogen-bond acceptors (Lipinski definition) is 5. The molecule has 0 radical (unpaired) electrons. The molecule has 2 aliphatic heterocycles. The van der Waals surface area contributed by atoms with Gasteiger partial charge in [-0.05, 0) is 12.1 Å². The molecule has 4 rings (SSSR count). The number of hydrogen-bond donors (Lipinski definition) is 0. The van der Waals surface area contributed by atoms with E-state index in [0.29, 0.717) is 22.3 Å². The Bertz CT molecular complexity index is 688. The molecule has 5 nitrogen and oxygen atoms in total. The Morgan fingerprint density at radius 2 is 1.14 bits per heavy atom. The highest BCUT2D eigenvalue weighted by atomic mass is 16.8. The first-order valence-corrected chi connectivity index (χ1v) is 6.49. The van der Waals surface area contributed by atoms with Gasteiger partial charge < -0.3 is 9.47 Å². The Morgan fingerprint density at radius 3 is 1.62 bits per heavy atom. The number of rotatable bonds is 2. The molecule has 0 amide bonds. The molecule has 0 aromatic heterocycles. The molecule has 21 heavy (non-hydrogen) atoms. The van der Waals surface area contributed by atoms with Crippen molar-refractivity contribution < 1.29 is 23.8 Å². The van der Waals surface area contributed by atoms with Crippen LogP contribution in [0.15, 0.2) is 48.5 Å². The molecule has 0 unspecified atom stereocenters. The summed E-state index contributed by atoms with van der Waals surface area (Å²) in [5.41, 5.74) is 2.23. The van der Waals surface area contributed by atoms with Crippen LogP contribution in [0.25, 0.3) is 0 Å². The Labute approximate surface area is 120 Å². The fraction of sp³-hybridized carbons (Fsp3) is 0.125. The van der Waals surface area contributed by atoms with E-state index in [9.17, 15) is 9.59 Å². The summed E-state index contributed by atoms with van der Waals surface area (Å²) in [5.74, 6) is -0.874. The molecule has 0 saturated heterocycles. The average molecular weight is 282 g/mol. The number of ether oxygens (including phenoxy) is 3. The Kier molecular flexibility index (Phi) is 2.55. The summed E-state index contributed by atoms with van der Waals surface area (Å²) in [7, 11) is 0. The van der Waals surface area contributed by atoms with Gasteiger partial charge in [-0.25, -0.2) is 9.59 Å². The second kappa shape index (κ2) is 4.43. The van der Waals surface area contributed by atoms with Crippen LogP contribution < -0.4 is 0 Å². The van der Waals surface area contributed by atoms with Crippen molar-refractivity contribution in [1.29, 1.82) is 0 Å². The van der Waals surface area contributed by atoms with Gasteiger partial charge in [0, 0.05) is 11.1 Å². The minimum atomic E-state index is -0.863. The highest BCUT2D eigenvalue weighted by molar-refractivity contribution is 5.94. The molecule has 0 fully saturated rings. The van der Waals surface area contributed by atoms with Gasteiger partial charge >= 0.3 is 11.9 Å². The van der Waals surface area contributed by atoms with Crippen molar-refractivity contribution in [2.45, 2.75) is 12.6 Å². The first kappa shape index (κ1) is 12.1.